The molecule has 0 radical (unpaired) electrons. The lowest BCUT2D eigenvalue weighted by molar-refractivity contribution is 0.586. The number of hydrogen-bond donors (Lipinski definition) is 1. The summed E-state index contributed by atoms with van der Waals surface area (Å²) in [7, 11) is -3.50. The average Bonchev–Trinajstić information content (AvgIpc) is 2.45. The summed E-state index contributed by atoms with van der Waals surface area (Å²) in [4.78, 5) is 0.224. The zero-order valence-electron chi connectivity index (χ0n) is 10.5. The van der Waals surface area contributed by atoms with E-state index in [0.29, 0.717) is 0 Å². The van der Waals surface area contributed by atoms with Crippen LogP contribution in [0.1, 0.15) is 5.56 Å². The molecule has 0 fully saturated rings. The Kier molecular flexibility index (Phi) is 4.96. The molecule has 2 aromatic rings. The van der Waals surface area contributed by atoms with Crippen LogP contribution >= 0.6 is 15.9 Å². The van der Waals surface area contributed by atoms with E-state index in [4.69, 9.17) is 0 Å². The van der Waals surface area contributed by atoms with Crippen LogP contribution in [0.15, 0.2) is 64.0 Å². The molecule has 0 saturated carbocycles. The van der Waals surface area contributed by atoms with Crippen molar-refractivity contribution in [2.24, 2.45) is 0 Å². The van der Waals surface area contributed by atoms with Gasteiger partial charge in [-0.2, -0.15) is 4.72 Å². The van der Waals surface area contributed by atoms with Gasteiger partial charge >= 0.3 is 0 Å². The number of benzene rings is 2. The minimum Gasteiger partial charge on any atom is -0.207 e. The van der Waals surface area contributed by atoms with Gasteiger partial charge in [-0.25, -0.2) is 8.42 Å². The van der Waals surface area contributed by atoms with Gasteiger partial charge in [0.15, 0.2) is 0 Å². The molecule has 2 rings (SSSR count). The molecule has 0 aromatic heterocycles. The van der Waals surface area contributed by atoms with E-state index in [1.165, 1.54) is 12.1 Å². The minimum absolute atomic E-state index is 0.0767. The van der Waals surface area contributed by atoms with E-state index in [0.717, 1.165) is 10.0 Å². The molecule has 3 nitrogen and oxygen atoms in total. The lowest BCUT2D eigenvalue weighted by Gasteiger charge is -2.03. The first-order valence-electron chi connectivity index (χ1n) is 5.87. The van der Waals surface area contributed by atoms with Crippen molar-refractivity contribution in [3.05, 3.63) is 64.6 Å². The van der Waals surface area contributed by atoms with Crippen LogP contribution in [0, 0.1) is 11.8 Å². The van der Waals surface area contributed by atoms with Crippen molar-refractivity contribution >= 4 is 26.0 Å². The highest BCUT2D eigenvalue weighted by Crippen LogP contribution is 2.14. The van der Waals surface area contributed by atoms with E-state index in [-0.39, 0.29) is 11.4 Å². The van der Waals surface area contributed by atoms with Crippen LogP contribution in [0.2, 0.25) is 0 Å². The van der Waals surface area contributed by atoms with Crippen molar-refractivity contribution in [3.63, 3.8) is 0 Å². The second kappa shape index (κ2) is 6.71. The molecule has 102 valence electrons. The summed E-state index contributed by atoms with van der Waals surface area (Å²) in [6.07, 6.45) is 0. The summed E-state index contributed by atoms with van der Waals surface area (Å²) in [5.74, 6) is 5.68. The van der Waals surface area contributed by atoms with Crippen molar-refractivity contribution in [1.29, 1.82) is 0 Å². The smallest absolute Gasteiger partial charge is 0.207 e. The molecule has 0 spiro atoms. The summed E-state index contributed by atoms with van der Waals surface area (Å²) in [5, 5.41) is 0. The lowest BCUT2D eigenvalue weighted by atomic mass is 10.2. The van der Waals surface area contributed by atoms with Crippen LogP contribution in [0.25, 0.3) is 0 Å². The Balaban J connectivity index is 2.00. The Morgan fingerprint density at radius 1 is 1.00 bits per heavy atom. The number of halogens is 1. The fourth-order valence-corrected chi connectivity index (χ4v) is 2.68. The molecular weight excluding hydrogens is 338 g/mol. The molecule has 0 heterocycles. The van der Waals surface area contributed by atoms with Crippen LogP contribution in [0.5, 0.6) is 0 Å². The molecule has 2 aromatic carbocycles. The Hall–Kier alpha value is -1.61. The Bertz CT molecular complexity index is 729. The quantitative estimate of drug-likeness (QED) is 0.866. The van der Waals surface area contributed by atoms with Gasteiger partial charge in [0.1, 0.15) is 0 Å². The largest absolute Gasteiger partial charge is 0.241 e. The molecule has 0 saturated heterocycles. The van der Waals surface area contributed by atoms with Gasteiger partial charge in [-0.15, -0.1) is 0 Å². The first-order valence-corrected chi connectivity index (χ1v) is 8.15. The molecule has 0 bridgehead atoms. The first-order chi connectivity index (χ1) is 9.58. The lowest BCUT2D eigenvalue weighted by Crippen LogP contribution is -2.23. The predicted octanol–water partition coefficient (Wildman–Crippen LogP) is 2.78. The first kappa shape index (κ1) is 14.8. The zero-order valence-corrected chi connectivity index (χ0v) is 12.9. The fraction of sp³-hybridized carbons (Fsp3) is 0.0667. The van der Waals surface area contributed by atoms with E-state index < -0.39 is 10.0 Å². The van der Waals surface area contributed by atoms with E-state index in [9.17, 15) is 8.42 Å². The standard InChI is InChI=1S/C15H12BrNO2S/c16-14-8-10-15(11-9-14)20(18,19)17-12-4-7-13-5-2-1-3-6-13/h1-3,5-6,8-11,17H,12H2. The topological polar surface area (TPSA) is 46.2 Å². The third-order valence-corrected chi connectivity index (χ3v) is 4.43. The maximum atomic E-state index is 12.0. The highest BCUT2D eigenvalue weighted by molar-refractivity contribution is 9.10. The van der Waals surface area contributed by atoms with Gasteiger partial charge in [0.2, 0.25) is 10.0 Å². The zero-order chi connectivity index (χ0) is 14.4. The van der Waals surface area contributed by atoms with E-state index in [2.05, 4.69) is 32.5 Å². The molecule has 0 aliphatic rings. The minimum atomic E-state index is -3.50. The Labute approximate surface area is 127 Å². The van der Waals surface area contributed by atoms with E-state index in [1.54, 1.807) is 12.1 Å². The Morgan fingerprint density at radius 3 is 2.30 bits per heavy atom. The molecule has 0 aliphatic heterocycles. The second-order valence-electron chi connectivity index (χ2n) is 3.95. The van der Waals surface area contributed by atoms with Crippen molar-refractivity contribution < 1.29 is 8.42 Å². The monoisotopic (exact) mass is 349 g/mol. The van der Waals surface area contributed by atoms with Gasteiger partial charge in [-0.1, -0.05) is 46.0 Å². The molecule has 5 heteroatoms. The van der Waals surface area contributed by atoms with Gasteiger partial charge in [0.25, 0.3) is 0 Å². The predicted molar refractivity (Wildman–Crippen MR) is 82.7 cm³/mol. The molecule has 0 atom stereocenters. The van der Waals surface area contributed by atoms with E-state index in [1.807, 2.05) is 30.3 Å². The fourth-order valence-electron chi connectivity index (χ4n) is 1.50. The van der Waals surface area contributed by atoms with Crippen LogP contribution in [0.3, 0.4) is 0 Å². The maximum absolute atomic E-state index is 12.0. The number of rotatable bonds is 3. The maximum Gasteiger partial charge on any atom is 0.241 e. The normalized spacial score (nSPS) is 10.7. The molecular formula is C15H12BrNO2S. The number of sulfonamides is 1. The number of nitrogens with one attached hydrogen (secondary N) is 1. The van der Waals surface area contributed by atoms with Crippen LogP contribution in [0.4, 0.5) is 0 Å². The molecule has 0 amide bonds. The summed E-state index contributed by atoms with van der Waals surface area (Å²) in [6.45, 7) is 0.0767. The van der Waals surface area contributed by atoms with Crippen molar-refractivity contribution in [3.8, 4) is 11.8 Å². The highest BCUT2D eigenvalue weighted by atomic mass is 79.9. The van der Waals surface area contributed by atoms with Gasteiger partial charge in [-0.05, 0) is 36.4 Å². The average molecular weight is 350 g/mol. The van der Waals surface area contributed by atoms with Crippen molar-refractivity contribution in [1.82, 2.24) is 4.72 Å². The summed E-state index contributed by atoms with van der Waals surface area (Å²) < 4.78 is 27.2. The molecule has 1 N–H and O–H groups in total. The highest BCUT2D eigenvalue weighted by Gasteiger charge is 2.11. The number of hydrogen-bond acceptors (Lipinski definition) is 2. The van der Waals surface area contributed by atoms with Crippen molar-refractivity contribution in [2.75, 3.05) is 6.54 Å². The molecule has 0 aliphatic carbocycles. The summed E-state index contributed by atoms with van der Waals surface area (Å²) in [5.41, 5.74) is 0.857. The van der Waals surface area contributed by atoms with Crippen LogP contribution < -0.4 is 4.72 Å². The van der Waals surface area contributed by atoms with Gasteiger partial charge in [0.05, 0.1) is 11.4 Å². The molecule has 0 unspecified atom stereocenters. The second-order valence-corrected chi connectivity index (χ2v) is 6.63. The summed E-state index contributed by atoms with van der Waals surface area (Å²) >= 11 is 3.26. The SMILES string of the molecule is O=S(=O)(NCC#Cc1ccccc1)c1ccc(Br)cc1. The van der Waals surface area contributed by atoms with Gasteiger partial charge in [0, 0.05) is 10.0 Å². The third kappa shape index (κ3) is 4.20. The third-order valence-electron chi connectivity index (χ3n) is 2.48. The van der Waals surface area contributed by atoms with E-state index >= 15 is 0 Å². The van der Waals surface area contributed by atoms with Crippen LogP contribution in [-0.4, -0.2) is 15.0 Å². The van der Waals surface area contributed by atoms with Gasteiger partial charge < -0.3 is 0 Å². The summed E-state index contributed by atoms with van der Waals surface area (Å²) in [6, 6.07) is 15.9. The van der Waals surface area contributed by atoms with Gasteiger partial charge in [-0.3, -0.25) is 0 Å². The Morgan fingerprint density at radius 2 is 1.65 bits per heavy atom. The molecule has 20 heavy (non-hydrogen) atoms. The van der Waals surface area contributed by atoms with Crippen LogP contribution in [-0.2, 0) is 10.0 Å². The van der Waals surface area contributed by atoms with Crippen molar-refractivity contribution in [2.45, 2.75) is 4.90 Å².